The van der Waals surface area contributed by atoms with Gasteiger partial charge < -0.3 is 9.80 Å². The largest absolute Gasteiger partial charge is 0.312 e. The van der Waals surface area contributed by atoms with Gasteiger partial charge >= 0.3 is 0 Å². The summed E-state index contributed by atoms with van der Waals surface area (Å²) >= 11 is 0. The average molecular weight is 349 g/mol. The van der Waals surface area contributed by atoms with Crippen molar-refractivity contribution in [3.8, 4) is 0 Å². The Labute approximate surface area is 155 Å². The van der Waals surface area contributed by atoms with E-state index in [2.05, 4.69) is 16.0 Å². The molecule has 0 saturated carbocycles. The number of carbonyl (C=O) groups excluding carboxylic acids is 1. The predicted octanol–water partition coefficient (Wildman–Crippen LogP) is 3.39. The van der Waals surface area contributed by atoms with E-state index >= 15 is 0 Å². The van der Waals surface area contributed by atoms with Gasteiger partial charge in [-0.05, 0) is 68.0 Å². The van der Waals surface area contributed by atoms with Crippen LogP contribution in [0.5, 0.6) is 0 Å². The van der Waals surface area contributed by atoms with E-state index in [9.17, 15) is 4.79 Å². The van der Waals surface area contributed by atoms with E-state index in [4.69, 9.17) is 0 Å². The molecule has 0 aliphatic carbocycles. The minimum Gasteiger partial charge on any atom is -0.312 e. The molecule has 1 amide bonds. The molecule has 2 fully saturated rings. The van der Waals surface area contributed by atoms with E-state index in [1.807, 2.05) is 53.7 Å². The van der Waals surface area contributed by atoms with Crippen LogP contribution in [0.4, 0.5) is 5.69 Å². The van der Waals surface area contributed by atoms with Crippen molar-refractivity contribution in [2.24, 2.45) is 11.8 Å². The van der Waals surface area contributed by atoms with Crippen LogP contribution in [0.25, 0.3) is 0 Å². The second-order valence-corrected chi connectivity index (χ2v) is 7.72. The molecule has 4 heteroatoms. The number of hydrogen-bond acceptors (Lipinski definition) is 3. The van der Waals surface area contributed by atoms with Crippen molar-refractivity contribution in [2.75, 3.05) is 31.1 Å². The van der Waals surface area contributed by atoms with Crippen molar-refractivity contribution in [3.05, 3.63) is 60.4 Å². The van der Waals surface area contributed by atoms with Gasteiger partial charge in [0.05, 0.1) is 0 Å². The molecule has 0 radical (unpaired) electrons. The molecule has 3 heterocycles. The maximum Gasteiger partial charge on any atom is 0.227 e. The maximum atomic E-state index is 12.4. The molecule has 0 spiro atoms. The zero-order valence-corrected chi connectivity index (χ0v) is 15.3. The fourth-order valence-electron chi connectivity index (χ4n) is 4.35. The van der Waals surface area contributed by atoms with Crippen molar-refractivity contribution >= 4 is 11.6 Å². The van der Waals surface area contributed by atoms with Crippen LogP contribution in [0.1, 0.15) is 24.8 Å². The van der Waals surface area contributed by atoms with Gasteiger partial charge in [-0.25, -0.2) is 0 Å². The van der Waals surface area contributed by atoms with Gasteiger partial charge in [-0.15, -0.1) is 0 Å². The molecule has 136 valence electrons. The van der Waals surface area contributed by atoms with Crippen LogP contribution in [0, 0.1) is 11.8 Å². The van der Waals surface area contributed by atoms with Crippen LogP contribution in [0.3, 0.4) is 0 Å². The van der Waals surface area contributed by atoms with E-state index in [0.29, 0.717) is 12.3 Å². The standard InChI is InChI=1S/C22H27N3O/c26-22-14-20(17-25(22)21-6-2-1-3-7-21)16-24-11-8-18(9-12-24)13-19-5-4-10-23-15-19/h1-7,10,15,18,20H,8-9,11-14,16-17H2/t20-/m0/s1. The smallest absolute Gasteiger partial charge is 0.227 e. The Bertz CT molecular complexity index is 711. The van der Waals surface area contributed by atoms with Crippen LogP contribution < -0.4 is 4.90 Å². The summed E-state index contributed by atoms with van der Waals surface area (Å²) in [6.45, 7) is 4.22. The topological polar surface area (TPSA) is 36.4 Å². The summed E-state index contributed by atoms with van der Waals surface area (Å²) in [5.74, 6) is 1.49. The van der Waals surface area contributed by atoms with Gasteiger partial charge in [-0.1, -0.05) is 24.3 Å². The van der Waals surface area contributed by atoms with E-state index < -0.39 is 0 Å². The lowest BCUT2D eigenvalue weighted by Gasteiger charge is -2.33. The molecule has 1 aromatic carbocycles. The number of likely N-dealkylation sites (tertiary alicyclic amines) is 1. The minimum absolute atomic E-state index is 0.271. The molecular formula is C22H27N3O. The Hall–Kier alpha value is -2.20. The fraction of sp³-hybridized carbons (Fsp3) is 0.455. The second kappa shape index (κ2) is 8.00. The summed E-state index contributed by atoms with van der Waals surface area (Å²) in [4.78, 5) is 21.1. The lowest BCUT2D eigenvalue weighted by atomic mass is 9.90. The molecule has 4 nitrogen and oxygen atoms in total. The monoisotopic (exact) mass is 349 g/mol. The number of para-hydroxylation sites is 1. The Morgan fingerprint density at radius 2 is 1.81 bits per heavy atom. The number of aromatic nitrogens is 1. The van der Waals surface area contributed by atoms with Crippen LogP contribution in [0.15, 0.2) is 54.9 Å². The minimum atomic E-state index is 0.271. The fourth-order valence-corrected chi connectivity index (χ4v) is 4.35. The molecular weight excluding hydrogens is 322 g/mol. The number of piperidine rings is 1. The van der Waals surface area contributed by atoms with E-state index in [1.54, 1.807) is 0 Å². The first-order valence-electron chi connectivity index (χ1n) is 9.74. The number of benzene rings is 1. The quantitative estimate of drug-likeness (QED) is 0.830. The average Bonchev–Trinajstić information content (AvgIpc) is 3.05. The number of nitrogens with zero attached hydrogens (tertiary/aromatic N) is 3. The number of anilines is 1. The number of hydrogen-bond donors (Lipinski definition) is 0. The highest BCUT2D eigenvalue weighted by Gasteiger charge is 2.32. The van der Waals surface area contributed by atoms with Crippen LogP contribution in [-0.2, 0) is 11.2 Å². The first-order chi connectivity index (χ1) is 12.8. The molecule has 4 rings (SSSR count). The van der Waals surface area contributed by atoms with Gasteiger partial charge in [-0.3, -0.25) is 9.78 Å². The molecule has 2 aliphatic heterocycles. The molecule has 1 aromatic heterocycles. The predicted molar refractivity (Wildman–Crippen MR) is 104 cm³/mol. The Kier molecular flexibility index (Phi) is 5.30. The summed E-state index contributed by atoms with van der Waals surface area (Å²) in [5.41, 5.74) is 2.39. The van der Waals surface area contributed by atoms with E-state index in [-0.39, 0.29) is 5.91 Å². The normalized spacial score (nSPS) is 22.1. The third-order valence-electron chi connectivity index (χ3n) is 5.74. The van der Waals surface area contributed by atoms with Crippen molar-refractivity contribution in [1.29, 1.82) is 0 Å². The third-order valence-corrected chi connectivity index (χ3v) is 5.74. The highest BCUT2D eigenvalue weighted by atomic mass is 16.2. The highest BCUT2D eigenvalue weighted by molar-refractivity contribution is 5.95. The van der Waals surface area contributed by atoms with Gasteiger partial charge in [0.1, 0.15) is 0 Å². The Morgan fingerprint density at radius 1 is 1.00 bits per heavy atom. The van der Waals surface area contributed by atoms with Crippen LogP contribution >= 0.6 is 0 Å². The number of carbonyl (C=O) groups is 1. The first-order valence-corrected chi connectivity index (χ1v) is 9.74. The summed E-state index contributed by atoms with van der Waals surface area (Å²) in [5, 5.41) is 0. The summed E-state index contributed by atoms with van der Waals surface area (Å²) in [7, 11) is 0. The zero-order chi connectivity index (χ0) is 17.8. The molecule has 0 unspecified atom stereocenters. The SMILES string of the molecule is O=C1C[C@@H](CN2CCC(Cc3cccnc3)CC2)CN1c1ccccc1. The molecule has 26 heavy (non-hydrogen) atoms. The van der Waals surface area contributed by atoms with Crippen molar-refractivity contribution in [1.82, 2.24) is 9.88 Å². The molecule has 2 saturated heterocycles. The van der Waals surface area contributed by atoms with Crippen molar-refractivity contribution < 1.29 is 4.79 Å². The van der Waals surface area contributed by atoms with Gasteiger partial charge in [-0.2, -0.15) is 0 Å². The highest BCUT2D eigenvalue weighted by Crippen LogP contribution is 2.27. The van der Waals surface area contributed by atoms with Gasteiger partial charge in [0.25, 0.3) is 0 Å². The Morgan fingerprint density at radius 3 is 2.54 bits per heavy atom. The molecule has 1 atom stereocenters. The summed E-state index contributed by atoms with van der Waals surface area (Å²) < 4.78 is 0. The van der Waals surface area contributed by atoms with Crippen LogP contribution in [-0.4, -0.2) is 42.0 Å². The van der Waals surface area contributed by atoms with Gasteiger partial charge in [0.15, 0.2) is 0 Å². The third kappa shape index (κ3) is 4.13. The summed E-state index contributed by atoms with van der Waals surface area (Å²) in [6.07, 6.45) is 8.16. The lowest BCUT2D eigenvalue weighted by Crippen LogP contribution is -2.38. The zero-order valence-electron chi connectivity index (χ0n) is 15.3. The first kappa shape index (κ1) is 17.2. The van der Waals surface area contributed by atoms with Gasteiger partial charge in [0, 0.05) is 37.6 Å². The van der Waals surface area contributed by atoms with Crippen molar-refractivity contribution in [3.63, 3.8) is 0 Å². The maximum absolute atomic E-state index is 12.4. The van der Waals surface area contributed by atoms with Crippen LogP contribution in [0.2, 0.25) is 0 Å². The number of rotatable bonds is 5. The second-order valence-electron chi connectivity index (χ2n) is 7.72. The van der Waals surface area contributed by atoms with E-state index in [0.717, 1.165) is 44.2 Å². The Balaban J connectivity index is 1.25. The van der Waals surface area contributed by atoms with Gasteiger partial charge in [0.2, 0.25) is 5.91 Å². The molecule has 2 aromatic rings. The van der Waals surface area contributed by atoms with E-state index in [1.165, 1.54) is 18.4 Å². The molecule has 0 N–H and O–H groups in total. The summed E-state index contributed by atoms with van der Waals surface area (Å²) in [6, 6.07) is 14.3. The molecule has 2 aliphatic rings. The van der Waals surface area contributed by atoms with Crippen molar-refractivity contribution in [2.45, 2.75) is 25.7 Å². The number of amides is 1. The number of pyridine rings is 1. The molecule has 0 bridgehead atoms. The lowest BCUT2D eigenvalue weighted by molar-refractivity contribution is -0.117.